The molecule has 2 heteroatoms. The fourth-order valence-corrected chi connectivity index (χ4v) is 2.85. The molecule has 0 rings (SSSR count). The van der Waals surface area contributed by atoms with E-state index in [0.29, 0.717) is 5.04 Å². The number of hydrogen-bond donors (Lipinski definition) is 0. The van der Waals surface area contributed by atoms with Crippen LogP contribution in [0.25, 0.3) is 0 Å². The lowest BCUT2D eigenvalue weighted by Gasteiger charge is -2.22. The summed E-state index contributed by atoms with van der Waals surface area (Å²) >= 11 is 0. The first-order valence-electron chi connectivity index (χ1n) is 5.61. The molecule has 0 bridgehead atoms. The smallest absolute Gasteiger partial charge is 0.166 e. The fraction of sp³-hybridized carbons (Fsp3) is 1.00. The molecule has 0 aliphatic heterocycles. The van der Waals surface area contributed by atoms with E-state index in [-0.39, 0.29) is 9.76 Å². The van der Waals surface area contributed by atoms with Crippen molar-refractivity contribution in [1.82, 2.24) is 0 Å². The van der Waals surface area contributed by atoms with E-state index >= 15 is 0 Å². The van der Waals surface area contributed by atoms with Crippen LogP contribution in [0, 0.1) is 0 Å². The molecule has 0 N–H and O–H groups in total. The van der Waals surface area contributed by atoms with Crippen LogP contribution in [0.5, 0.6) is 0 Å². The monoisotopic (exact) mass is 202 g/mol. The van der Waals surface area contributed by atoms with Crippen LogP contribution in [0.3, 0.4) is 0 Å². The molecule has 0 aromatic rings. The lowest BCUT2D eigenvalue weighted by molar-refractivity contribution is 0.396. The minimum Gasteiger partial charge on any atom is -0.427 e. The van der Waals surface area contributed by atoms with Gasteiger partial charge in [0.2, 0.25) is 0 Å². The first kappa shape index (κ1) is 13.2. The SMILES string of the molecule is CCCCCCCC(C)(C)[SiH2]OC. The Morgan fingerprint density at radius 3 is 2.23 bits per heavy atom. The summed E-state index contributed by atoms with van der Waals surface area (Å²) in [6.45, 7) is 6.97. The van der Waals surface area contributed by atoms with E-state index in [1.54, 1.807) is 0 Å². The zero-order valence-corrected chi connectivity index (χ0v) is 11.3. The Hall–Kier alpha value is 0.177. The van der Waals surface area contributed by atoms with Crippen molar-refractivity contribution in [2.75, 3.05) is 7.11 Å². The Bertz CT molecular complexity index is 113. The topological polar surface area (TPSA) is 9.23 Å². The summed E-state index contributed by atoms with van der Waals surface area (Å²) < 4.78 is 5.32. The predicted molar refractivity (Wildman–Crippen MR) is 63.0 cm³/mol. The number of unbranched alkanes of at least 4 members (excludes halogenated alkanes) is 4. The normalized spacial score (nSPS) is 12.9. The summed E-state index contributed by atoms with van der Waals surface area (Å²) in [6.07, 6.45) is 8.33. The van der Waals surface area contributed by atoms with Gasteiger partial charge in [-0.1, -0.05) is 52.9 Å². The van der Waals surface area contributed by atoms with Gasteiger partial charge in [-0.25, -0.2) is 0 Å². The molecule has 0 aromatic carbocycles. The van der Waals surface area contributed by atoms with Gasteiger partial charge >= 0.3 is 0 Å². The molecule has 0 amide bonds. The lowest BCUT2D eigenvalue weighted by atomic mass is 10.0. The third-order valence-corrected chi connectivity index (χ3v) is 3.92. The van der Waals surface area contributed by atoms with E-state index < -0.39 is 0 Å². The van der Waals surface area contributed by atoms with Crippen molar-refractivity contribution < 1.29 is 4.43 Å². The van der Waals surface area contributed by atoms with Crippen LogP contribution >= 0.6 is 0 Å². The quantitative estimate of drug-likeness (QED) is 0.433. The van der Waals surface area contributed by atoms with Crippen molar-refractivity contribution in [2.45, 2.75) is 64.3 Å². The Kier molecular flexibility index (Phi) is 7.67. The molecule has 0 spiro atoms. The molecule has 13 heavy (non-hydrogen) atoms. The first-order chi connectivity index (χ1) is 6.12. The van der Waals surface area contributed by atoms with Gasteiger partial charge in [-0.3, -0.25) is 0 Å². The maximum absolute atomic E-state index is 5.32. The fourth-order valence-electron chi connectivity index (χ4n) is 1.67. The molecule has 0 atom stereocenters. The third kappa shape index (κ3) is 8.51. The van der Waals surface area contributed by atoms with Crippen LogP contribution in [-0.4, -0.2) is 16.9 Å². The van der Waals surface area contributed by atoms with Crippen molar-refractivity contribution in [1.29, 1.82) is 0 Å². The van der Waals surface area contributed by atoms with Crippen LogP contribution < -0.4 is 0 Å². The second kappa shape index (κ2) is 7.57. The van der Waals surface area contributed by atoms with Crippen LogP contribution in [0.15, 0.2) is 0 Å². The highest BCUT2D eigenvalue weighted by Gasteiger charge is 2.17. The van der Waals surface area contributed by atoms with Gasteiger partial charge in [0.25, 0.3) is 0 Å². The van der Waals surface area contributed by atoms with Crippen LogP contribution in [-0.2, 0) is 4.43 Å². The number of hydrogen-bond acceptors (Lipinski definition) is 1. The van der Waals surface area contributed by atoms with E-state index in [0.717, 1.165) is 0 Å². The predicted octanol–water partition coefficient (Wildman–Crippen LogP) is 3.28. The second-order valence-corrected chi connectivity index (χ2v) is 7.54. The van der Waals surface area contributed by atoms with E-state index in [4.69, 9.17) is 4.43 Å². The zero-order valence-electron chi connectivity index (χ0n) is 9.86. The Morgan fingerprint density at radius 1 is 1.08 bits per heavy atom. The van der Waals surface area contributed by atoms with E-state index in [2.05, 4.69) is 20.8 Å². The van der Waals surface area contributed by atoms with E-state index in [9.17, 15) is 0 Å². The van der Waals surface area contributed by atoms with Gasteiger partial charge in [0.05, 0.1) is 0 Å². The van der Waals surface area contributed by atoms with Crippen LogP contribution in [0.2, 0.25) is 5.04 Å². The van der Waals surface area contributed by atoms with Gasteiger partial charge in [0.15, 0.2) is 9.76 Å². The molecule has 0 saturated heterocycles. The molecule has 0 aliphatic carbocycles. The minimum absolute atomic E-state index is 0.290. The maximum atomic E-state index is 5.32. The van der Waals surface area contributed by atoms with Crippen molar-refractivity contribution in [3.05, 3.63) is 0 Å². The standard InChI is InChI=1S/C11H26OSi/c1-5-6-7-8-9-10-11(2,3)13-12-4/h5-10,13H2,1-4H3. The summed E-state index contributed by atoms with van der Waals surface area (Å²) in [5.41, 5.74) is 0. The summed E-state index contributed by atoms with van der Waals surface area (Å²) in [6, 6.07) is 0. The summed E-state index contributed by atoms with van der Waals surface area (Å²) in [5.74, 6) is 0. The highest BCUT2D eigenvalue weighted by Crippen LogP contribution is 2.30. The third-order valence-electron chi connectivity index (χ3n) is 2.49. The van der Waals surface area contributed by atoms with E-state index in [1.165, 1.54) is 38.5 Å². The van der Waals surface area contributed by atoms with Gasteiger partial charge < -0.3 is 4.43 Å². The molecule has 0 fully saturated rings. The van der Waals surface area contributed by atoms with Crippen LogP contribution in [0.4, 0.5) is 0 Å². The average Bonchev–Trinajstić information content (AvgIpc) is 2.04. The Labute approximate surface area is 86.2 Å². The largest absolute Gasteiger partial charge is 0.427 e. The van der Waals surface area contributed by atoms with Crippen molar-refractivity contribution in [2.24, 2.45) is 0 Å². The van der Waals surface area contributed by atoms with Gasteiger partial charge in [0, 0.05) is 7.11 Å². The van der Waals surface area contributed by atoms with Gasteiger partial charge in [-0.15, -0.1) is 0 Å². The average molecular weight is 202 g/mol. The van der Waals surface area contributed by atoms with Crippen LogP contribution in [0.1, 0.15) is 59.3 Å². The molecule has 0 heterocycles. The van der Waals surface area contributed by atoms with Crippen molar-refractivity contribution in [3.8, 4) is 0 Å². The molecule has 0 radical (unpaired) electrons. The zero-order chi connectivity index (χ0) is 10.2. The van der Waals surface area contributed by atoms with Gasteiger partial charge in [0.1, 0.15) is 0 Å². The molecule has 80 valence electrons. The van der Waals surface area contributed by atoms with Crippen molar-refractivity contribution >= 4 is 9.76 Å². The second-order valence-electron chi connectivity index (χ2n) is 4.76. The van der Waals surface area contributed by atoms with E-state index in [1.807, 2.05) is 7.11 Å². The molecule has 0 unspecified atom stereocenters. The Morgan fingerprint density at radius 2 is 1.69 bits per heavy atom. The molecule has 0 saturated carbocycles. The summed E-state index contributed by atoms with van der Waals surface area (Å²) in [4.78, 5) is 0. The summed E-state index contributed by atoms with van der Waals surface area (Å²) in [5, 5.41) is 0.515. The Balaban J connectivity index is 3.29. The van der Waals surface area contributed by atoms with Gasteiger partial charge in [-0.2, -0.15) is 0 Å². The molecule has 1 nitrogen and oxygen atoms in total. The van der Waals surface area contributed by atoms with Crippen molar-refractivity contribution in [3.63, 3.8) is 0 Å². The highest BCUT2D eigenvalue weighted by atomic mass is 28.2. The lowest BCUT2D eigenvalue weighted by Crippen LogP contribution is -2.14. The van der Waals surface area contributed by atoms with Gasteiger partial charge in [-0.05, 0) is 11.5 Å². The first-order valence-corrected chi connectivity index (χ1v) is 6.90. The molecule has 0 aromatic heterocycles. The highest BCUT2D eigenvalue weighted by molar-refractivity contribution is 6.31. The molecule has 0 aliphatic rings. The minimum atomic E-state index is -0.290. The maximum Gasteiger partial charge on any atom is 0.166 e. The summed E-state index contributed by atoms with van der Waals surface area (Å²) in [7, 11) is 1.56. The molecular formula is C11H26OSi. The number of rotatable bonds is 8. The molecular weight excluding hydrogens is 176 g/mol.